The highest BCUT2D eigenvalue weighted by Crippen LogP contribution is 2.42. The Hall–Kier alpha value is -3.91. The maximum Gasteiger partial charge on any atom is 0.254 e. The fraction of sp³-hybridized carbons (Fsp3) is 0.310. The summed E-state index contributed by atoms with van der Waals surface area (Å²) in [4.78, 5) is 28.9. The van der Waals surface area contributed by atoms with E-state index in [0.29, 0.717) is 54.3 Å². The van der Waals surface area contributed by atoms with Gasteiger partial charge in [0.25, 0.3) is 5.91 Å². The Morgan fingerprint density at radius 1 is 0.973 bits per heavy atom. The van der Waals surface area contributed by atoms with Crippen LogP contribution >= 0.6 is 0 Å². The van der Waals surface area contributed by atoms with E-state index >= 15 is 0 Å². The topological polar surface area (TPSA) is 77.1 Å². The van der Waals surface area contributed by atoms with Crippen molar-refractivity contribution in [2.24, 2.45) is 0 Å². The summed E-state index contributed by atoms with van der Waals surface area (Å²) in [6.45, 7) is 0.982. The molecule has 7 nitrogen and oxygen atoms in total. The molecule has 3 aromatic carbocycles. The number of fused-ring (bicyclic) bond motifs is 1. The first-order valence-corrected chi connectivity index (χ1v) is 12.1. The molecule has 0 spiro atoms. The molecule has 0 saturated carbocycles. The minimum atomic E-state index is -0.679. The molecule has 2 amide bonds. The van der Waals surface area contributed by atoms with Crippen molar-refractivity contribution in [1.82, 2.24) is 10.2 Å². The average Bonchev–Trinajstić information content (AvgIpc) is 2.92. The van der Waals surface area contributed by atoms with Gasteiger partial charge in [-0.2, -0.15) is 0 Å². The molecule has 0 bridgehead atoms. The second-order valence-corrected chi connectivity index (χ2v) is 8.78. The van der Waals surface area contributed by atoms with Gasteiger partial charge in [0.05, 0.1) is 32.8 Å². The van der Waals surface area contributed by atoms with Crippen LogP contribution in [0.5, 0.6) is 11.5 Å². The highest BCUT2D eigenvalue weighted by atomic mass is 19.1. The maximum absolute atomic E-state index is 13.8. The summed E-state index contributed by atoms with van der Waals surface area (Å²) < 4.78 is 29.7. The van der Waals surface area contributed by atoms with Crippen LogP contribution in [-0.4, -0.2) is 57.7 Å². The first kappa shape index (κ1) is 26.2. The lowest BCUT2D eigenvalue weighted by Gasteiger charge is -2.41. The summed E-state index contributed by atoms with van der Waals surface area (Å²) in [7, 11) is 4.72. The van der Waals surface area contributed by atoms with Crippen molar-refractivity contribution in [3.05, 3.63) is 94.8 Å². The van der Waals surface area contributed by atoms with Gasteiger partial charge in [-0.15, -0.1) is 0 Å². The van der Waals surface area contributed by atoms with Crippen molar-refractivity contribution in [2.75, 3.05) is 41.0 Å². The van der Waals surface area contributed by atoms with Gasteiger partial charge in [0.15, 0.2) is 11.5 Å². The smallest absolute Gasteiger partial charge is 0.254 e. The van der Waals surface area contributed by atoms with Crippen LogP contribution in [0.15, 0.2) is 66.7 Å². The van der Waals surface area contributed by atoms with E-state index in [1.54, 1.807) is 50.5 Å². The number of ether oxygens (including phenoxy) is 3. The number of hydrogen-bond acceptors (Lipinski definition) is 5. The number of halogens is 1. The van der Waals surface area contributed by atoms with Gasteiger partial charge in [0.2, 0.25) is 5.91 Å². The minimum absolute atomic E-state index is 0.184. The lowest BCUT2D eigenvalue weighted by Crippen LogP contribution is -2.48. The zero-order valence-corrected chi connectivity index (χ0v) is 21.2. The predicted molar refractivity (Wildman–Crippen MR) is 137 cm³/mol. The minimum Gasteiger partial charge on any atom is -0.493 e. The van der Waals surface area contributed by atoms with Gasteiger partial charge >= 0.3 is 0 Å². The van der Waals surface area contributed by atoms with Crippen molar-refractivity contribution in [1.29, 1.82) is 0 Å². The number of carbonyl (C=O) groups is 2. The molecule has 37 heavy (non-hydrogen) atoms. The molecule has 2 atom stereocenters. The Morgan fingerprint density at radius 2 is 1.70 bits per heavy atom. The van der Waals surface area contributed by atoms with E-state index in [0.717, 1.165) is 5.56 Å². The third-order valence-electron chi connectivity index (χ3n) is 6.63. The summed E-state index contributed by atoms with van der Waals surface area (Å²) in [5, 5.41) is 3.06. The lowest BCUT2D eigenvalue weighted by atomic mass is 9.79. The van der Waals surface area contributed by atoms with E-state index in [9.17, 15) is 14.0 Å². The Balaban J connectivity index is 1.63. The standard InChI is InChI=1S/C29H31FN2O5/c1-35-17-16-32-27(20-9-11-21(30)12-10-20)26(22-6-4-5-7-23(22)29(32)34)28(33)31-15-14-19-8-13-24(36-2)25(18-19)37-3/h4-13,18,26-27H,14-17H2,1-3H3,(H,31,33). The second kappa shape index (κ2) is 11.9. The molecule has 0 aliphatic carbocycles. The van der Waals surface area contributed by atoms with Crippen LogP contribution in [0.2, 0.25) is 0 Å². The highest BCUT2D eigenvalue weighted by molar-refractivity contribution is 6.01. The number of methoxy groups -OCH3 is 3. The quantitative estimate of drug-likeness (QED) is 0.448. The van der Waals surface area contributed by atoms with E-state index in [-0.39, 0.29) is 17.6 Å². The van der Waals surface area contributed by atoms with E-state index in [1.807, 2.05) is 30.3 Å². The number of hydrogen-bond donors (Lipinski definition) is 1. The monoisotopic (exact) mass is 506 g/mol. The predicted octanol–water partition coefficient (Wildman–Crippen LogP) is 4.13. The van der Waals surface area contributed by atoms with Gasteiger partial charge in [-0.3, -0.25) is 9.59 Å². The molecule has 1 heterocycles. The molecular formula is C29H31FN2O5. The fourth-order valence-corrected chi connectivity index (χ4v) is 4.82. The Bertz CT molecular complexity index is 1250. The van der Waals surface area contributed by atoms with Gasteiger partial charge in [0, 0.05) is 25.8 Å². The SMILES string of the molecule is COCCN1C(=O)c2ccccc2C(C(=O)NCCc2ccc(OC)c(OC)c2)C1c1ccc(F)cc1. The van der Waals surface area contributed by atoms with Crippen LogP contribution < -0.4 is 14.8 Å². The summed E-state index contributed by atoms with van der Waals surface area (Å²) in [5.74, 6) is -0.200. The molecular weight excluding hydrogens is 475 g/mol. The Labute approximate surface area is 216 Å². The number of nitrogens with zero attached hydrogens (tertiary/aromatic N) is 1. The molecule has 0 fully saturated rings. The molecule has 4 rings (SSSR count). The van der Waals surface area contributed by atoms with E-state index in [4.69, 9.17) is 14.2 Å². The van der Waals surface area contributed by atoms with Gasteiger partial charge in [-0.1, -0.05) is 36.4 Å². The van der Waals surface area contributed by atoms with Crippen molar-refractivity contribution in [3.8, 4) is 11.5 Å². The molecule has 1 N–H and O–H groups in total. The van der Waals surface area contributed by atoms with E-state index in [2.05, 4.69) is 5.32 Å². The first-order valence-electron chi connectivity index (χ1n) is 12.1. The number of nitrogens with one attached hydrogen (secondary N) is 1. The number of rotatable bonds is 10. The summed E-state index contributed by atoms with van der Waals surface area (Å²) in [5.41, 5.74) is 2.80. The van der Waals surface area contributed by atoms with Gasteiger partial charge < -0.3 is 24.4 Å². The van der Waals surface area contributed by atoms with Crippen LogP contribution in [-0.2, 0) is 16.0 Å². The normalized spacial score (nSPS) is 16.8. The molecule has 0 saturated heterocycles. The third-order valence-corrected chi connectivity index (χ3v) is 6.63. The van der Waals surface area contributed by atoms with Crippen LogP contribution in [0.3, 0.4) is 0 Å². The van der Waals surface area contributed by atoms with Crippen molar-refractivity contribution in [2.45, 2.75) is 18.4 Å². The fourth-order valence-electron chi connectivity index (χ4n) is 4.82. The molecule has 194 valence electrons. The largest absolute Gasteiger partial charge is 0.493 e. The van der Waals surface area contributed by atoms with Crippen LogP contribution in [0.1, 0.15) is 39.0 Å². The first-order chi connectivity index (χ1) is 18.0. The molecule has 0 radical (unpaired) electrons. The number of carbonyl (C=O) groups excluding carboxylic acids is 2. The molecule has 8 heteroatoms. The summed E-state index contributed by atoms with van der Waals surface area (Å²) in [6, 6.07) is 18.1. The Kier molecular flexibility index (Phi) is 8.40. The molecule has 1 aliphatic rings. The molecule has 0 aromatic heterocycles. The van der Waals surface area contributed by atoms with Crippen molar-refractivity contribution >= 4 is 11.8 Å². The highest BCUT2D eigenvalue weighted by Gasteiger charge is 2.43. The molecule has 1 aliphatic heterocycles. The average molecular weight is 507 g/mol. The lowest BCUT2D eigenvalue weighted by molar-refractivity contribution is -0.124. The van der Waals surface area contributed by atoms with E-state index < -0.39 is 12.0 Å². The van der Waals surface area contributed by atoms with Gasteiger partial charge in [0.1, 0.15) is 5.82 Å². The zero-order valence-electron chi connectivity index (χ0n) is 21.2. The van der Waals surface area contributed by atoms with Gasteiger partial charge in [-0.05, 0) is 53.4 Å². The van der Waals surface area contributed by atoms with Crippen LogP contribution in [0.25, 0.3) is 0 Å². The summed E-state index contributed by atoms with van der Waals surface area (Å²) >= 11 is 0. The second-order valence-electron chi connectivity index (χ2n) is 8.78. The Morgan fingerprint density at radius 3 is 2.41 bits per heavy atom. The third kappa shape index (κ3) is 5.59. The molecule has 2 unspecified atom stereocenters. The number of benzene rings is 3. The van der Waals surface area contributed by atoms with E-state index in [1.165, 1.54) is 12.1 Å². The number of amides is 2. The van der Waals surface area contributed by atoms with Crippen molar-refractivity contribution < 1.29 is 28.2 Å². The maximum atomic E-state index is 13.8. The van der Waals surface area contributed by atoms with Crippen LogP contribution in [0.4, 0.5) is 4.39 Å². The van der Waals surface area contributed by atoms with Crippen molar-refractivity contribution in [3.63, 3.8) is 0 Å². The van der Waals surface area contributed by atoms with Gasteiger partial charge in [-0.25, -0.2) is 4.39 Å². The molecule has 3 aromatic rings. The van der Waals surface area contributed by atoms with Crippen LogP contribution in [0, 0.1) is 5.82 Å². The zero-order chi connectivity index (χ0) is 26.4. The summed E-state index contributed by atoms with van der Waals surface area (Å²) in [6.07, 6.45) is 0.577.